The molecule has 3 unspecified atom stereocenters. The highest BCUT2D eigenvalue weighted by molar-refractivity contribution is 4.81. The zero-order valence-electron chi connectivity index (χ0n) is 11.8. The summed E-state index contributed by atoms with van der Waals surface area (Å²) in [5, 5.41) is 3.67. The lowest BCUT2D eigenvalue weighted by molar-refractivity contribution is 0.164. The molecule has 0 saturated carbocycles. The molecule has 96 valence electrons. The van der Waals surface area contributed by atoms with Crippen molar-refractivity contribution in [2.75, 3.05) is 20.1 Å². The number of hydrogen-bond donors (Lipinski definition) is 1. The minimum absolute atomic E-state index is 0.684. The fourth-order valence-electron chi connectivity index (χ4n) is 2.63. The third-order valence-electron chi connectivity index (χ3n) is 4.35. The van der Waals surface area contributed by atoms with Crippen LogP contribution in [0.5, 0.6) is 0 Å². The van der Waals surface area contributed by atoms with E-state index in [9.17, 15) is 0 Å². The minimum Gasteiger partial charge on any atom is -0.313 e. The Balaban J connectivity index is 2.35. The molecule has 1 rings (SSSR count). The van der Waals surface area contributed by atoms with Gasteiger partial charge in [0.25, 0.3) is 0 Å². The number of piperidine rings is 1. The molecule has 0 radical (unpaired) electrons. The molecular weight excluding hydrogens is 196 g/mol. The van der Waals surface area contributed by atoms with Crippen molar-refractivity contribution in [2.45, 2.75) is 59.0 Å². The van der Waals surface area contributed by atoms with E-state index in [0.29, 0.717) is 12.1 Å². The number of nitrogens with one attached hydrogen (secondary N) is 1. The molecule has 2 nitrogen and oxygen atoms in total. The SMILES string of the molecule is CCC1CCNC(CN(C)C(C)C(C)C)C1. The van der Waals surface area contributed by atoms with Crippen LogP contribution in [0.3, 0.4) is 0 Å². The van der Waals surface area contributed by atoms with Crippen LogP contribution in [0.2, 0.25) is 0 Å². The fourth-order valence-corrected chi connectivity index (χ4v) is 2.63. The molecule has 0 aromatic rings. The summed E-state index contributed by atoms with van der Waals surface area (Å²) >= 11 is 0. The summed E-state index contributed by atoms with van der Waals surface area (Å²) in [5.41, 5.74) is 0. The van der Waals surface area contributed by atoms with Crippen molar-refractivity contribution in [2.24, 2.45) is 11.8 Å². The van der Waals surface area contributed by atoms with Gasteiger partial charge in [-0.3, -0.25) is 0 Å². The molecule has 1 saturated heterocycles. The molecule has 1 aliphatic heterocycles. The molecule has 0 spiro atoms. The maximum atomic E-state index is 3.67. The van der Waals surface area contributed by atoms with Crippen molar-refractivity contribution in [3.8, 4) is 0 Å². The van der Waals surface area contributed by atoms with Crippen molar-refractivity contribution in [1.82, 2.24) is 10.2 Å². The Hall–Kier alpha value is -0.0800. The Morgan fingerprint density at radius 2 is 2.00 bits per heavy atom. The molecule has 0 aliphatic carbocycles. The Kier molecular flexibility index (Phi) is 5.77. The van der Waals surface area contributed by atoms with Crippen LogP contribution in [0.25, 0.3) is 0 Å². The highest BCUT2D eigenvalue weighted by Crippen LogP contribution is 2.20. The van der Waals surface area contributed by atoms with Crippen LogP contribution in [-0.2, 0) is 0 Å². The fraction of sp³-hybridized carbons (Fsp3) is 1.00. The number of nitrogens with zero attached hydrogens (tertiary/aromatic N) is 1. The van der Waals surface area contributed by atoms with Crippen LogP contribution in [0.4, 0.5) is 0 Å². The maximum absolute atomic E-state index is 3.67. The van der Waals surface area contributed by atoms with E-state index in [1.54, 1.807) is 0 Å². The van der Waals surface area contributed by atoms with Crippen LogP contribution in [-0.4, -0.2) is 37.1 Å². The third-order valence-corrected chi connectivity index (χ3v) is 4.35. The maximum Gasteiger partial charge on any atom is 0.0197 e. The first-order valence-corrected chi connectivity index (χ1v) is 6.98. The van der Waals surface area contributed by atoms with Crippen LogP contribution in [0, 0.1) is 11.8 Å². The van der Waals surface area contributed by atoms with Gasteiger partial charge in [0.15, 0.2) is 0 Å². The van der Waals surface area contributed by atoms with E-state index in [2.05, 4.69) is 45.0 Å². The van der Waals surface area contributed by atoms with Gasteiger partial charge >= 0.3 is 0 Å². The van der Waals surface area contributed by atoms with E-state index in [-0.39, 0.29) is 0 Å². The van der Waals surface area contributed by atoms with Crippen molar-refractivity contribution in [3.05, 3.63) is 0 Å². The van der Waals surface area contributed by atoms with E-state index in [1.165, 1.54) is 32.4 Å². The molecule has 2 heteroatoms. The Bertz CT molecular complexity index is 191. The van der Waals surface area contributed by atoms with Crippen LogP contribution >= 0.6 is 0 Å². The van der Waals surface area contributed by atoms with E-state index in [0.717, 1.165) is 11.8 Å². The lowest BCUT2D eigenvalue weighted by Gasteiger charge is -2.35. The second kappa shape index (κ2) is 6.61. The largest absolute Gasteiger partial charge is 0.313 e. The highest BCUT2D eigenvalue weighted by atomic mass is 15.2. The van der Waals surface area contributed by atoms with Gasteiger partial charge in [0, 0.05) is 18.6 Å². The second-order valence-electron chi connectivity index (χ2n) is 5.87. The topological polar surface area (TPSA) is 15.3 Å². The number of rotatable bonds is 5. The first-order valence-electron chi connectivity index (χ1n) is 6.98. The zero-order valence-corrected chi connectivity index (χ0v) is 11.8. The minimum atomic E-state index is 0.684. The van der Waals surface area contributed by atoms with Gasteiger partial charge in [-0.05, 0) is 45.2 Å². The summed E-state index contributed by atoms with van der Waals surface area (Å²) in [7, 11) is 2.27. The molecule has 3 atom stereocenters. The van der Waals surface area contributed by atoms with E-state index in [4.69, 9.17) is 0 Å². The molecule has 0 bridgehead atoms. The highest BCUT2D eigenvalue weighted by Gasteiger charge is 2.23. The van der Waals surface area contributed by atoms with Crippen LogP contribution in [0.1, 0.15) is 47.0 Å². The predicted octanol–water partition coefficient (Wildman–Crippen LogP) is 2.74. The molecular formula is C14H30N2. The van der Waals surface area contributed by atoms with Crippen molar-refractivity contribution in [3.63, 3.8) is 0 Å². The Morgan fingerprint density at radius 3 is 2.56 bits per heavy atom. The molecule has 1 aliphatic rings. The summed E-state index contributed by atoms with van der Waals surface area (Å²) in [5.74, 6) is 1.70. The first kappa shape index (κ1) is 14.0. The van der Waals surface area contributed by atoms with Gasteiger partial charge in [-0.1, -0.05) is 27.2 Å². The molecule has 1 N–H and O–H groups in total. The summed E-state index contributed by atoms with van der Waals surface area (Å²) in [6, 6.07) is 1.40. The number of likely N-dealkylation sites (N-methyl/N-ethyl adjacent to an activating group) is 1. The van der Waals surface area contributed by atoms with Crippen molar-refractivity contribution >= 4 is 0 Å². The summed E-state index contributed by atoms with van der Waals surface area (Å²) in [6.45, 7) is 11.7. The average molecular weight is 226 g/mol. The van der Waals surface area contributed by atoms with Gasteiger partial charge < -0.3 is 10.2 Å². The molecule has 0 aromatic heterocycles. The number of hydrogen-bond acceptors (Lipinski definition) is 2. The molecule has 1 heterocycles. The Labute approximate surface area is 102 Å². The standard InChI is InChI=1S/C14H30N2/c1-6-13-7-8-15-14(9-13)10-16(5)12(4)11(2)3/h11-15H,6-10H2,1-5H3. The quantitative estimate of drug-likeness (QED) is 0.775. The van der Waals surface area contributed by atoms with Crippen molar-refractivity contribution in [1.29, 1.82) is 0 Å². The first-order chi connectivity index (χ1) is 7.54. The zero-order chi connectivity index (χ0) is 12.1. The lowest BCUT2D eigenvalue weighted by Crippen LogP contribution is -2.47. The smallest absolute Gasteiger partial charge is 0.0197 e. The monoisotopic (exact) mass is 226 g/mol. The van der Waals surface area contributed by atoms with E-state index >= 15 is 0 Å². The van der Waals surface area contributed by atoms with Crippen LogP contribution in [0.15, 0.2) is 0 Å². The predicted molar refractivity (Wildman–Crippen MR) is 71.7 cm³/mol. The summed E-state index contributed by atoms with van der Waals surface area (Å²) < 4.78 is 0. The second-order valence-corrected chi connectivity index (χ2v) is 5.87. The molecule has 16 heavy (non-hydrogen) atoms. The normalized spacial score (nSPS) is 28.7. The van der Waals surface area contributed by atoms with Gasteiger partial charge in [-0.25, -0.2) is 0 Å². The van der Waals surface area contributed by atoms with E-state index in [1.807, 2.05) is 0 Å². The Morgan fingerprint density at radius 1 is 1.31 bits per heavy atom. The molecule has 1 fully saturated rings. The van der Waals surface area contributed by atoms with Gasteiger partial charge in [-0.15, -0.1) is 0 Å². The van der Waals surface area contributed by atoms with Gasteiger partial charge in [0.1, 0.15) is 0 Å². The summed E-state index contributed by atoms with van der Waals surface area (Å²) in [4.78, 5) is 2.51. The average Bonchev–Trinajstić information content (AvgIpc) is 2.28. The van der Waals surface area contributed by atoms with Crippen molar-refractivity contribution < 1.29 is 0 Å². The van der Waals surface area contributed by atoms with E-state index < -0.39 is 0 Å². The summed E-state index contributed by atoms with van der Waals surface area (Å²) in [6.07, 6.45) is 4.09. The lowest BCUT2D eigenvalue weighted by atomic mass is 9.90. The molecule has 0 aromatic carbocycles. The van der Waals surface area contributed by atoms with Gasteiger partial charge in [-0.2, -0.15) is 0 Å². The third kappa shape index (κ3) is 4.06. The van der Waals surface area contributed by atoms with Gasteiger partial charge in [0.05, 0.1) is 0 Å². The van der Waals surface area contributed by atoms with Gasteiger partial charge in [0.2, 0.25) is 0 Å². The van der Waals surface area contributed by atoms with Crippen LogP contribution < -0.4 is 5.32 Å². The molecule has 0 amide bonds.